The summed E-state index contributed by atoms with van der Waals surface area (Å²) >= 11 is 8.46. The summed E-state index contributed by atoms with van der Waals surface area (Å²) in [5, 5.41) is 0.597. The summed E-state index contributed by atoms with van der Waals surface area (Å²) in [4.78, 5) is 22.2. The Bertz CT molecular complexity index is 1170. The molecule has 1 saturated heterocycles. The van der Waals surface area contributed by atoms with E-state index in [1.807, 2.05) is 43.3 Å². The number of para-hydroxylation sites is 1. The number of halogens is 1. The molecule has 3 aromatic rings. The third-order valence-corrected chi connectivity index (χ3v) is 10.1. The smallest absolute Gasteiger partial charge is 0.253 e. The number of aromatic nitrogens is 1. The molecule has 4 rings (SSSR count). The minimum Gasteiger partial charge on any atom is -0.308 e. The van der Waals surface area contributed by atoms with E-state index in [-0.39, 0.29) is 10.1 Å². The summed E-state index contributed by atoms with van der Waals surface area (Å²) in [6.07, 6.45) is 2.01. The Morgan fingerprint density at radius 1 is 1.16 bits per heavy atom. The normalized spacial score (nSPS) is 17.8. The van der Waals surface area contributed by atoms with Crippen LogP contribution in [0.25, 0.3) is 10.2 Å². The maximum Gasteiger partial charge on any atom is 0.253 e. The van der Waals surface area contributed by atoms with Crippen LogP contribution < -0.4 is 4.90 Å². The maximum absolute atomic E-state index is 13.8. The molecule has 1 amide bonds. The monoisotopic (exact) mass is 512 g/mol. The van der Waals surface area contributed by atoms with Gasteiger partial charge in [0.15, 0.2) is 5.13 Å². The first kappa shape index (κ1) is 23.6. The zero-order valence-electron chi connectivity index (χ0n) is 17.9. The number of carbonyl (C=O) groups is 1. The van der Waals surface area contributed by atoms with Crippen LogP contribution in [0, 0.1) is 0 Å². The van der Waals surface area contributed by atoms with Crippen LogP contribution in [0.4, 0.5) is 5.13 Å². The fourth-order valence-corrected chi connectivity index (χ4v) is 8.01. The number of nitrogens with zero attached hydrogens (tertiary/aromatic N) is 4. The van der Waals surface area contributed by atoms with Crippen molar-refractivity contribution in [3.05, 3.63) is 40.7 Å². The Balaban J connectivity index is 1.69. The van der Waals surface area contributed by atoms with Crippen LogP contribution in [0.2, 0.25) is 4.34 Å². The van der Waals surface area contributed by atoms with Gasteiger partial charge in [-0.3, -0.25) is 9.69 Å². The Kier molecular flexibility index (Phi) is 7.18. The van der Waals surface area contributed by atoms with Gasteiger partial charge in [-0.1, -0.05) is 41.5 Å². The predicted molar refractivity (Wildman–Crippen MR) is 131 cm³/mol. The zero-order chi connectivity index (χ0) is 22.9. The number of hydrogen-bond donors (Lipinski definition) is 0. The topological polar surface area (TPSA) is 73.8 Å². The number of amides is 1. The van der Waals surface area contributed by atoms with Crippen molar-refractivity contribution >= 4 is 65.6 Å². The van der Waals surface area contributed by atoms with Crippen molar-refractivity contribution in [3.63, 3.8) is 0 Å². The molecule has 1 aliphatic rings. The molecule has 2 aromatic heterocycles. The number of benzene rings is 1. The van der Waals surface area contributed by atoms with E-state index in [9.17, 15) is 13.2 Å². The predicted octanol–water partition coefficient (Wildman–Crippen LogP) is 4.15. The van der Waals surface area contributed by atoms with Crippen molar-refractivity contribution in [2.45, 2.75) is 29.5 Å². The number of thiophene rings is 1. The molecule has 172 valence electrons. The number of hydrogen-bond acceptors (Lipinski definition) is 7. The SMILES string of the molecule is CN(C)CCN(C(=O)C1CCCCN1S(=O)(=O)c1ccc(Cl)s1)c1nc2ccccc2s1. The first-order valence-corrected chi connectivity index (χ1v) is 13.8. The molecule has 1 aliphatic heterocycles. The molecule has 1 unspecified atom stereocenters. The first-order valence-electron chi connectivity index (χ1n) is 10.4. The van der Waals surface area contributed by atoms with Gasteiger partial charge in [0, 0.05) is 19.6 Å². The molecule has 1 fully saturated rings. The molecule has 0 saturated carbocycles. The molecule has 32 heavy (non-hydrogen) atoms. The molecular weight excluding hydrogens is 488 g/mol. The third kappa shape index (κ3) is 4.85. The molecule has 0 bridgehead atoms. The van der Waals surface area contributed by atoms with Crippen LogP contribution in [-0.4, -0.2) is 68.3 Å². The first-order chi connectivity index (χ1) is 15.3. The summed E-state index contributed by atoms with van der Waals surface area (Å²) in [5.74, 6) is -0.225. The number of anilines is 1. The van der Waals surface area contributed by atoms with E-state index in [2.05, 4.69) is 4.98 Å². The number of rotatable bonds is 7. The van der Waals surface area contributed by atoms with Crippen molar-refractivity contribution < 1.29 is 13.2 Å². The van der Waals surface area contributed by atoms with E-state index in [0.29, 0.717) is 35.5 Å². The molecule has 0 radical (unpaired) electrons. The number of sulfonamides is 1. The van der Waals surface area contributed by atoms with Crippen LogP contribution in [-0.2, 0) is 14.8 Å². The lowest BCUT2D eigenvalue weighted by molar-refractivity contribution is -0.123. The minimum atomic E-state index is -3.81. The Morgan fingerprint density at radius 2 is 1.94 bits per heavy atom. The van der Waals surface area contributed by atoms with E-state index in [0.717, 1.165) is 34.4 Å². The molecule has 3 heterocycles. The average molecular weight is 513 g/mol. The van der Waals surface area contributed by atoms with Gasteiger partial charge in [-0.05, 0) is 51.2 Å². The van der Waals surface area contributed by atoms with Gasteiger partial charge < -0.3 is 4.90 Å². The fraction of sp³-hybridized carbons (Fsp3) is 0.429. The number of likely N-dealkylation sites (N-methyl/N-ethyl adjacent to an activating group) is 1. The van der Waals surface area contributed by atoms with Crippen LogP contribution in [0.5, 0.6) is 0 Å². The second-order valence-corrected chi connectivity index (χ2v) is 12.8. The van der Waals surface area contributed by atoms with E-state index in [1.165, 1.54) is 21.7 Å². The summed E-state index contributed by atoms with van der Waals surface area (Å²) in [6, 6.07) is 10.1. The standard InChI is InChI=1S/C21H25ClN4O3S3/c1-24(2)13-14-25(21-23-15-7-3-4-9-17(15)30-21)20(27)16-8-5-6-12-26(16)32(28,29)19-11-10-18(22)31-19/h3-4,7,9-11,16H,5-6,8,12-14H2,1-2H3. The Hall–Kier alpha value is -1.56. The Morgan fingerprint density at radius 3 is 2.62 bits per heavy atom. The average Bonchev–Trinajstić information content (AvgIpc) is 3.40. The summed E-state index contributed by atoms with van der Waals surface area (Å²) < 4.78 is 29.7. The number of fused-ring (bicyclic) bond motifs is 1. The van der Waals surface area contributed by atoms with Crippen molar-refractivity contribution in [1.29, 1.82) is 0 Å². The lowest BCUT2D eigenvalue weighted by Crippen LogP contribution is -2.53. The fourth-order valence-electron chi connectivity index (χ4n) is 3.75. The second-order valence-electron chi connectivity index (χ2n) is 7.94. The lowest BCUT2D eigenvalue weighted by atomic mass is 10.0. The van der Waals surface area contributed by atoms with Crippen LogP contribution in [0.15, 0.2) is 40.6 Å². The van der Waals surface area contributed by atoms with Crippen molar-refractivity contribution in [2.24, 2.45) is 0 Å². The molecule has 1 atom stereocenters. The summed E-state index contributed by atoms with van der Waals surface area (Å²) in [7, 11) is 0.0722. The van der Waals surface area contributed by atoms with Gasteiger partial charge in [0.1, 0.15) is 10.3 Å². The van der Waals surface area contributed by atoms with Gasteiger partial charge in [-0.25, -0.2) is 13.4 Å². The minimum absolute atomic E-state index is 0.169. The summed E-state index contributed by atoms with van der Waals surface area (Å²) in [5.41, 5.74) is 0.830. The van der Waals surface area contributed by atoms with E-state index in [4.69, 9.17) is 11.6 Å². The highest BCUT2D eigenvalue weighted by atomic mass is 35.5. The largest absolute Gasteiger partial charge is 0.308 e. The highest BCUT2D eigenvalue weighted by Gasteiger charge is 2.41. The molecule has 7 nitrogen and oxygen atoms in total. The molecule has 0 spiro atoms. The van der Waals surface area contributed by atoms with Crippen molar-refractivity contribution in [2.75, 3.05) is 38.6 Å². The number of thiazole rings is 1. The van der Waals surface area contributed by atoms with Gasteiger partial charge in [-0.2, -0.15) is 4.31 Å². The Labute approximate surface area is 201 Å². The highest BCUT2D eigenvalue weighted by Crippen LogP contribution is 2.34. The lowest BCUT2D eigenvalue weighted by Gasteiger charge is -2.36. The van der Waals surface area contributed by atoms with Gasteiger partial charge in [0.25, 0.3) is 10.0 Å². The van der Waals surface area contributed by atoms with Gasteiger partial charge in [0.05, 0.1) is 14.6 Å². The molecule has 0 N–H and O–H groups in total. The maximum atomic E-state index is 13.8. The number of piperidine rings is 1. The van der Waals surface area contributed by atoms with E-state index in [1.54, 1.807) is 11.0 Å². The zero-order valence-corrected chi connectivity index (χ0v) is 21.1. The van der Waals surface area contributed by atoms with Crippen LogP contribution in [0.1, 0.15) is 19.3 Å². The van der Waals surface area contributed by atoms with Crippen LogP contribution in [0.3, 0.4) is 0 Å². The quantitative estimate of drug-likeness (QED) is 0.475. The van der Waals surface area contributed by atoms with Crippen LogP contribution >= 0.6 is 34.3 Å². The highest BCUT2D eigenvalue weighted by molar-refractivity contribution is 7.91. The van der Waals surface area contributed by atoms with Crippen molar-refractivity contribution in [3.8, 4) is 0 Å². The molecule has 1 aromatic carbocycles. The molecule has 11 heteroatoms. The van der Waals surface area contributed by atoms with Crippen molar-refractivity contribution in [1.82, 2.24) is 14.2 Å². The second kappa shape index (κ2) is 9.74. The molecule has 0 aliphatic carbocycles. The number of carbonyl (C=O) groups excluding carboxylic acids is 1. The van der Waals surface area contributed by atoms with Gasteiger partial charge in [0.2, 0.25) is 5.91 Å². The van der Waals surface area contributed by atoms with E-state index >= 15 is 0 Å². The summed E-state index contributed by atoms with van der Waals surface area (Å²) in [6.45, 7) is 1.39. The van der Waals surface area contributed by atoms with Gasteiger partial charge in [-0.15, -0.1) is 11.3 Å². The van der Waals surface area contributed by atoms with Gasteiger partial charge >= 0.3 is 0 Å². The van der Waals surface area contributed by atoms with E-state index < -0.39 is 16.1 Å². The third-order valence-electron chi connectivity index (χ3n) is 5.40. The molecular formula is C21H25ClN4O3S3.